The van der Waals surface area contributed by atoms with Crippen molar-refractivity contribution in [1.82, 2.24) is 30.4 Å². The van der Waals surface area contributed by atoms with Crippen molar-refractivity contribution in [2.45, 2.75) is 38.4 Å². The maximum Gasteiger partial charge on any atom is 0.165 e. The summed E-state index contributed by atoms with van der Waals surface area (Å²) in [6.07, 6.45) is 2.46. The molecular weight excluding hydrogens is 204 g/mol. The van der Waals surface area contributed by atoms with Gasteiger partial charge in [0.1, 0.15) is 0 Å². The van der Waals surface area contributed by atoms with Crippen molar-refractivity contribution in [1.29, 1.82) is 0 Å². The van der Waals surface area contributed by atoms with Crippen molar-refractivity contribution in [2.75, 3.05) is 19.6 Å². The third-order valence-electron chi connectivity index (χ3n) is 3.44. The lowest BCUT2D eigenvalue weighted by Crippen LogP contribution is -2.49. The first-order chi connectivity index (χ1) is 7.84. The first-order valence-electron chi connectivity index (χ1n) is 6.06. The molecule has 6 heteroatoms. The second-order valence-electron chi connectivity index (χ2n) is 4.79. The Morgan fingerprint density at radius 3 is 3.06 bits per heavy atom. The zero-order chi connectivity index (χ0) is 11.0. The van der Waals surface area contributed by atoms with Gasteiger partial charge in [-0.3, -0.25) is 4.90 Å². The SMILES string of the molecule is C[C@H]1CNCCN1Cc1nnnn1C1CC1. The molecule has 1 aliphatic heterocycles. The van der Waals surface area contributed by atoms with Crippen LogP contribution in [0.15, 0.2) is 0 Å². The van der Waals surface area contributed by atoms with Crippen LogP contribution in [0.4, 0.5) is 0 Å². The lowest BCUT2D eigenvalue weighted by molar-refractivity contribution is 0.159. The summed E-state index contributed by atoms with van der Waals surface area (Å²) in [4.78, 5) is 2.45. The lowest BCUT2D eigenvalue weighted by atomic mass is 10.2. The predicted octanol–water partition coefficient (Wildman–Crippen LogP) is -0.198. The Hall–Kier alpha value is -1.01. The van der Waals surface area contributed by atoms with E-state index < -0.39 is 0 Å². The molecule has 2 fully saturated rings. The average molecular weight is 222 g/mol. The van der Waals surface area contributed by atoms with Crippen LogP contribution in [-0.2, 0) is 6.54 Å². The third kappa shape index (κ3) is 1.94. The summed E-state index contributed by atoms with van der Waals surface area (Å²) in [5, 5.41) is 15.4. The minimum Gasteiger partial charge on any atom is -0.314 e. The van der Waals surface area contributed by atoms with E-state index in [4.69, 9.17) is 0 Å². The van der Waals surface area contributed by atoms with Crippen molar-refractivity contribution in [3.8, 4) is 0 Å². The van der Waals surface area contributed by atoms with Gasteiger partial charge in [0.25, 0.3) is 0 Å². The highest BCUT2D eigenvalue weighted by Gasteiger charge is 2.29. The van der Waals surface area contributed by atoms with Gasteiger partial charge in [-0.25, -0.2) is 4.68 Å². The molecular formula is C10H18N6. The molecule has 0 aromatic carbocycles. The van der Waals surface area contributed by atoms with Crippen LogP contribution in [0, 0.1) is 0 Å². The lowest BCUT2D eigenvalue weighted by Gasteiger charge is -2.33. The van der Waals surface area contributed by atoms with Crippen molar-refractivity contribution < 1.29 is 0 Å². The van der Waals surface area contributed by atoms with E-state index in [1.54, 1.807) is 0 Å². The number of piperazine rings is 1. The second-order valence-corrected chi connectivity index (χ2v) is 4.79. The van der Waals surface area contributed by atoms with Crippen molar-refractivity contribution in [3.05, 3.63) is 5.82 Å². The van der Waals surface area contributed by atoms with Crippen molar-refractivity contribution in [3.63, 3.8) is 0 Å². The number of nitrogens with zero attached hydrogens (tertiary/aromatic N) is 5. The number of tetrazole rings is 1. The smallest absolute Gasteiger partial charge is 0.165 e. The first-order valence-corrected chi connectivity index (χ1v) is 6.06. The molecule has 1 aromatic rings. The Balaban J connectivity index is 1.70. The minimum atomic E-state index is 0.568. The van der Waals surface area contributed by atoms with Gasteiger partial charge in [0.2, 0.25) is 0 Å². The molecule has 0 amide bonds. The van der Waals surface area contributed by atoms with Crippen LogP contribution in [0.25, 0.3) is 0 Å². The summed E-state index contributed by atoms with van der Waals surface area (Å²) in [6, 6.07) is 1.14. The molecule has 16 heavy (non-hydrogen) atoms. The minimum absolute atomic E-state index is 0.568. The first kappa shape index (κ1) is 10.2. The van der Waals surface area contributed by atoms with Gasteiger partial charge in [-0.2, -0.15) is 0 Å². The molecule has 3 rings (SSSR count). The highest BCUT2D eigenvalue weighted by atomic mass is 15.6. The highest BCUT2D eigenvalue weighted by molar-refractivity contribution is 4.91. The van der Waals surface area contributed by atoms with Crippen LogP contribution in [0.3, 0.4) is 0 Å². The van der Waals surface area contributed by atoms with E-state index in [1.807, 2.05) is 4.68 Å². The Morgan fingerprint density at radius 2 is 2.31 bits per heavy atom. The summed E-state index contributed by atoms with van der Waals surface area (Å²) in [5.41, 5.74) is 0. The molecule has 1 atom stereocenters. The van der Waals surface area contributed by atoms with Crippen LogP contribution >= 0.6 is 0 Å². The zero-order valence-electron chi connectivity index (χ0n) is 9.63. The summed E-state index contributed by atoms with van der Waals surface area (Å²) < 4.78 is 2.01. The fourth-order valence-electron chi connectivity index (χ4n) is 2.22. The fourth-order valence-corrected chi connectivity index (χ4v) is 2.22. The van der Waals surface area contributed by atoms with Crippen LogP contribution < -0.4 is 5.32 Å². The van der Waals surface area contributed by atoms with E-state index in [9.17, 15) is 0 Å². The monoisotopic (exact) mass is 222 g/mol. The number of nitrogens with one attached hydrogen (secondary N) is 1. The number of hydrogen-bond donors (Lipinski definition) is 1. The Kier molecular flexibility index (Phi) is 2.61. The molecule has 1 aromatic heterocycles. The van der Waals surface area contributed by atoms with E-state index >= 15 is 0 Å². The van der Waals surface area contributed by atoms with E-state index in [2.05, 4.69) is 32.7 Å². The van der Waals surface area contributed by atoms with Crippen LogP contribution in [0.2, 0.25) is 0 Å². The predicted molar refractivity (Wildman–Crippen MR) is 58.8 cm³/mol. The number of rotatable bonds is 3. The Labute approximate surface area is 95.0 Å². The van der Waals surface area contributed by atoms with E-state index in [0.29, 0.717) is 12.1 Å². The molecule has 1 saturated heterocycles. The largest absolute Gasteiger partial charge is 0.314 e. The standard InChI is InChI=1S/C10H18N6/c1-8-6-11-4-5-15(8)7-10-12-13-14-16(10)9-2-3-9/h8-9,11H,2-7H2,1H3/t8-/m0/s1. The molecule has 1 aliphatic carbocycles. The fraction of sp³-hybridized carbons (Fsp3) is 0.900. The van der Waals surface area contributed by atoms with Crippen LogP contribution in [0.1, 0.15) is 31.6 Å². The highest BCUT2D eigenvalue weighted by Crippen LogP contribution is 2.34. The zero-order valence-corrected chi connectivity index (χ0v) is 9.63. The van der Waals surface area contributed by atoms with Crippen molar-refractivity contribution >= 4 is 0 Å². The maximum absolute atomic E-state index is 4.15. The normalized spacial score (nSPS) is 27.2. The van der Waals surface area contributed by atoms with Gasteiger partial charge in [0.15, 0.2) is 5.82 Å². The van der Waals surface area contributed by atoms with E-state index in [1.165, 1.54) is 12.8 Å². The maximum atomic E-state index is 4.15. The molecule has 0 unspecified atom stereocenters. The van der Waals surface area contributed by atoms with Crippen molar-refractivity contribution in [2.24, 2.45) is 0 Å². The Bertz CT molecular complexity index is 358. The van der Waals surface area contributed by atoms with Gasteiger partial charge in [-0.1, -0.05) is 0 Å². The molecule has 0 bridgehead atoms. The Morgan fingerprint density at radius 1 is 1.44 bits per heavy atom. The molecule has 0 radical (unpaired) electrons. The van der Waals surface area contributed by atoms with Gasteiger partial charge in [0, 0.05) is 25.7 Å². The van der Waals surface area contributed by atoms with E-state index in [0.717, 1.165) is 32.0 Å². The third-order valence-corrected chi connectivity index (χ3v) is 3.44. The van der Waals surface area contributed by atoms with Gasteiger partial charge < -0.3 is 5.32 Å². The molecule has 6 nitrogen and oxygen atoms in total. The quantitative estimate of drug-likeness (QED) is 0.767. The molecule has 1 saturated carbocycles. The van der Waals surface area contributed by atoms with E-state index in [-0.39, 0.29) is 0 Å². The summed E-state index contributed by atoms with van der Waals surface area (Å²) in [5.74, 6) is 1.02. The summed E-state index contributed by atoms with van der Waals surface area (Å²) >= 11 is 0. The number of hydrogen-bond acceptors (Lipinski definition) is 5. The topological polar surface area (TPSA) is 58.9 Å². The van der Waals surface area contributed by atoms with Crippen LogP contribution in [-0.4, -0.2) is 50.8 Å². The van der Waals surface area contributed by atoms with Gasteiger partial charge in [-0.15, -0.1) is 5.10 Å². The number of aromatic nitrogens is 4. The molecule has 1 N–H and O–H groups in total. The van der Waals surface area contributed by atoms with Gasteiger partial charge >= 0.3 is 0 Å². The van der Waals surface area contributed by atoms with Crippen LogP contribution in [0.5, 0.6) is 0 Å². The molecule has 0 spiro atoms. The van der Waals surface area contributed by atoms with Gasteiger partial charge in [0.05, 0.1) is 12.6 Å². The summed E-state index contributed by atoms with van der Waals surface area (Å²) in [6.45, 7) is 6.34. The average Bonchev–Trinajstić information content (AvgIpc) is 3.03. The second kappa shape index (κ2) is 4.10. The molecule has 88 valence electrons. The summed E-state index contributed by atoms with van der Waals surface area (Å²) in [7, 11) is 0. The molecule has 2 aliphatic rings. The molecule has 2 heterocycles. The van der Waals surface area contributed by atoms with Gasteiger partial charge in [-0.05, 0) is 30.2 Å².